The van der Waals surface area contributed by atoms with E-state index in [-0.39, 0.29) is 11.3 Å². The number of rotatable bonds is 3. The van der Waals surface area contributed by atoms with Crippen molar-refractivity contribution in [1.82, 2.24) is 5.32 Å². The van der Waals surface area contributed by atoms with Crippen LogP contribution in [-0.2, 0) is 14.4 Å². The number of nitrogens with one attached hydrogen (secondary N) is 1. The summed E-state index contributed by atoms with van der Waals surface area (Å²) in [6.07, 6.45) is 1.26. The fourth-order valence-electron chi connectivity index (χ4n) is 4.03. The van der Waals surface area contributed by atoms with Gasteiger partial charge in [0.2, 0.25) is 5.91 Å². The third-order valence-electron chi connectivity index (χ3n) is 5.66. The smallest absolute Gasteiger partial charge is 0.276 e. The van der Waals surface area contributed by atoms with Crippen molar-refractivity contribution in [1.29, 1.82) is 0 Å². The van der Waals surface area contributed by atoms with Gasteiger partial charge in [0.1, 0.15) is 5.92 Å². The fraction of sp³-hybridized carbons (Fsp3) is 0.0800. The van der Waals surface area contributed by atoms with Crippen LogP contribution in [0.4, 0.5) is 16.2 Å². The van der Waals surface area contributed by atoms with Crippen molar-refractivity contribution in [3.63, 3.8) is 0 Å². The number of carbonyl (C=O) groups is 4. The first-order valence-electron chi connectivity index (χ1n) is 10.4. The van der Waals surface area contributed by atoms with Crippen LogP contribution >= 0.6 is 11.6 Å². The molecule has 2 aliphatic rings. The predicted octanol–water partition coefficient (Wildman–Crippen LogP) is 4.04. The molecule has 1 saturated heterocycles. The Labute approximate surface area is 199 Å². The lowest BCUT2D eigenvalue weighted by atomic mass is 9.98. The summed E-state index contributed by atoms with van der Waals surface area (Å²) < 4.78 is 0. The molecule has 2 heterocycles. The summed E-state index contributed by atoms with van der Waals surface area (Å²) in [7, 11) is 0. The molecule has 0 saturated carbocycles. The predicted molar refractivity (Wildman–Crippen MR) is 129 cm³/mol. The lowest BCUT2D eigenvalue weighted by Gasteiger charge is -2.29. The summed E-state index contributed by atoms with van der Waals surface area (Å²) in [6.45, 7) is 1.62. The minimum Gasteiger partial charge on any atom is -0.276 e. The van der Waals surface area contributed by atoms with Crippen molar-refractivity contribution >= 4 is 63.2 Å². The van der Waals surface area contributed by atoms with Crippen molar-refractivity contribution in [2.24, 2.45) is 11.0 Å². The van der Waals surface area contributed by atoms with E-state index in [0.29, 0.717) is 16.4 Å². The largest absolute Gasteiger partial charge is 0.335 e. The van der Waals surface area contributed by atoms with Crippen LogP contribution in [-0.4, -0.2) is 29.5 Å². The van der Waals surface area contributed by atoms with E-state index in [9.17, 15) is 19.2 Å². The molecule has 34 heavy (non-hydrogen) atoms. The molecule has 5 amide bonds. The molecule has 168 valence electrons. The van der Waals surface area contributed by atoms with Gasteiger partial charge in [-0.25, -0.2) is 9.69 Å². The molecule has 1 N–H and O–H groups in total. The number of anilines is 2. The number of hydrogen-bond donors (Lipinski definition) is 1. The standard InChI is InChI=1S/C25H17ClN4O4/c1-14-19(24(33)30(28-14)21-11-4-7-15-6-2-3-10-18(15)21)13-20-22(31)27-25(34)29(23(20)32)17-9-5-8-16(26)12-17/h2-13,20H,1H3,(H,27,31,34)/b19-13-. The molecule has 3 aromatic rings. The monoisotopic (exact) mass is 472 g/mol. The highest BCUT2D eigenvalue weighted by atomic mass is 35.5. The highest BCUT2D eigenvalue weighted by Crippen LogP contribution is 2.32. The van der Waals surface area contributed by atoms with Gasteiger partial charge in [0.25, 0.3) is 11.8 Å². The molecule has 0 radical (unpaired) electrons. The van der Waals surface area contributed by atoms with Crippen molar-refractivity contribution in [3.05, 3.63) is 83.4 Å². The van der Waals surface area contributed by atoms with Gasteiger partial charge in [0.15, 0.2) is 0 Å². The van der Waals surface area contributed by atoms with Gasteiger partial charge in [0, 0.05) is 10.4 Å². The van der Waals surface area contributed by atoms with Crippen molar-refractivity contribution in [2.75, 3.05) is 9.91 Å². The zero-order valence-corrected chi connectivity index (χ0v) is 18.6. The van der Waals surface area contributed by atoms with Crippen molar-refractivity contribution in [2.45, 2.75) is 6.92 Å². The van der Waals surface area contributed by atoms with Gasteiger partial charge in [-0.05, 0) is 42.7 Å². The molecular weight excluding hydrogens is 456 g/mol. The van der Waals surface area contributed by atoms with Crippen LogP contribution in [0.3, 0.4) is 0 Å². The molecule has 5 rings (SSSR count). The number of nitrogens with zero attached hydrogens (tertiary/aromatic N) is 3. The number of carbonyl (C=O) groups excluding carboxylic acids is 4. The quantitative estimate of drug-likeness (QED) is 0.459. The van der Waals surface area contributed by atoms with Gasteiger partial charge in [-0.1, -0.05) is 54.1 Å². The van der Waals surface area contributed by atoms with Crippen LogP contribution in [0.2, 0.25) is 5.02 Å². The molecule has 0 bridgehead atoms. The third kappa shape index (κ3) is 3.54. The minimum atomic E-state index is -1.40. The minimum absolute atomic E-state index is 0.113. The van der Waals surface area contributed by atoms with E-state index >= 15 is 0 Å². The number of hydrazone groups is 1. The second-order valence-corrected chi connectivity index (χ2v) is 8.24. The first kappa shape index (κ1) is 21.5. The van der Waals surface area contributed by atoms with E-state index in [4.69, 9.17) is 11.6 Å². The van der Waals surface area contributed by atoms with Gasteiger partial charge in [-0.2, -0.15) is 10.1 Å². The Kier molecular flexibility index (Phi) is 5.22. The fourth-order valence-corrected chi connectivity index (χ4v) is 4.21. The van der Waals surface area contributed by atoms with Gasteiger partial charge in [-0.3, -0.25) is 19.7 Å². The Morgan fingerprint density at radius 3 is 2.50 bits per heavy atom. The SMILES string of the molecule is CC1=NN(c2cccc3ccccc23)C(=O)/C1=C\C1C(=O)NC(=O)N(c2cccc(Cl)c2)C1=O. The van der Waals surface area contributed by atoms with E-state index in [1.807, 2.05) is 36.4 Å². The number of hydrogen-bond acceptors (Lipinski definition) is 5. The Morgan fingerprint density at radius 2 is 1.71 bits per heavy atom. The van der Waals surface area contributed by atoms with Gasteiger partial charge >= 0.3 is 6.03 Å². The molecule has 1 unspecified atom stereocenters. The van der Waals surface area contributed by atoms with Crippen LogP contribution in [0, 0.1) is 5.92 Å². The summed E-state index contributed by atoms with van der Waals surface area (Å²) in [4.78, 5) is 52.3. The summed E-state index contributed by atoms with van der Waals surface area (Å²) in [5.41, 5.74) is 1.26. The maximum absolute atomic E-state index is 13.3. The Morgan fingerprint density at radius 1 is 0.971 bits per heavy atom. The van der Waals surface area contributed by atoms with Crippen LogP contribution in [0.15, 0.2) is 83.5 Å². The Balaban J connectivity index is 1.51. The number of halogens is 1. The average Bonchev–Trinajstić information content (AvgIpc) is 3.09. The van der Waals surface area contributed by atoms with Gasteiger partial charge in [0.05, 0.1) is 22.7 Å². The first-order chi connectivity index (χ1) is 16.3. The van der Waals surface area contributed by atoms with Crippen molar-refractivity contribution < 1.29 is 19.2 Å². The highest BCUT2D eigenvalue weighted by molar-refractivity contribution is 6.34. The molecule has 1 fully saturated rings. The van der Waals surface area contributed by atoms with Crippen LogP contribution in [0.5, 0.6) is 0 Å². The molecule has 9 heteroatoms. The van der Waals surface area contributed by atoms with E-state index < -0.39 is 29.7 Å². The molecule has 8 nitrogen and oxygen atoms in total. The molecular formula is C25H17ClN4O4. The maximum atomic E-state index is 13.3. The molecule has 3 aromatic carbocycles. The zero-order chi connectivity index (χ0) is 24.0. The lowest BCUT2D eigenvalue weighted by molar-refractivity contribution is -0.132. The summed E-state index contributed by atoms with van der Waals surface area (Å²) in [5.74, 6) is -3.47. The van der Waals surface area contributed by atoms with Gasteiger partial charge < -0.3 is 0 Å². The van der Waals surface area contributed by atoms with Crippen LogP contribution < -0.4 is 15.2 Å². The van der Waals surface area contributed by atoms with E-state index in [1.165, 1.54) is 23.2 Å². The van der Waals surface area contributed by atoms with E-state index in [0.717, 1.165) is 15.7 Å². The maximum Gasteiger partial charge on any atom is 0.335 e. The van der Waals surface area contributed by atoms with E-state index in [1.54, 1.807) is 25.1 Å². The number of fused-ring (bicyclic) bond motifs is 1. The Bertz CT molecular complexity index is 1460. The number of barbiturate groups is 1. The normalized spacial score (nSPS) is 19.8. The number of benzene rings is 3. The second-order valence-electron chi connectivity index (χ2n) is 7.81. The summed E-state index contributed by atoms with van der Waals surface area (Å²) in [5, 5.41) is 9.91. The zero-order valence-electron chi connectivity index (χ0n) is 17.9. The highest BCUT2D eigenvalue weighted by Gasteiger charge is 2.42. The molecule has 0 aromatic heterocycles. The van der Waals surface area contributed by atoms with Crippen LogP contribution in [0.25, 0.3) is 10.8 Å². The Hall–Kier alpha value is -4.30. The topological polar surface area (TPSA) is 99.2 Å². The third-order valence-corrected chi connectivity index (χ3v) is 5.89. The first-order valence-corrected chi connectivity index (χ1v) is 10.8. The van der Waals surface area contributed by atoms with Crippen molar-refractivity contribution in [3.8, 4) is 0 Å². The molecule has 2 aliphatic heterocycles. The lowest BCUT2D eigenvalue weighted by Crippen LogP contribution is -2.58. The molecule has 0 spiro atoms. The summed E-state index contributed by atoms with van der Waals surface area (Å²) >= 11 is 6.00. The number of amides is 5. The average molecular weight is 473 g/mol. The molecule has 1 atom stereocenters. The number of imide groups is 2. The van der Waals surface area contributed by atoms with E-state index in [2.05, 4.69) is 10.4 Å². The molecule has 0 aliphatic carbocycles. The van der Waals surface area contributed by atoms with Crippen LogP contribution in [0.1, 0.15) is 6.92 Å². The van der Waals surface area contributed by atoms with Gasteiger partial charge in [-0.15, -0.1) is 0 Å². The summed E-state index contributed by atoms with van der Waals surface area (Å²) in [6, 6.07) is 18.4. The number of urea groups is 1. The second kappa shape index (κ2) is 8.24.